The van der Waals surface area contributed by atoms with Crippen LogP contribution in [0.15, 0.2) is 33.6 Å². The molecule has 0 aromatic carbocycles. The molecule has 3 aliphatic heterocycles. The highest BCUT2D eigenvalue weighted by Crippen LogP contribution is 2.49. The number of nitrogens with one attached hydrogen (secondary N) is 3. The van der Waals surface area contributed by atoms with Crippen LogP contribution in [-0.4, -0.2) is 110 Å². The number of fused-ring (bicyclic) bond motifs is 5. The van der Waals surface area contributed by atoms with Gasteiger partial charge in [0.1, 0.15) is 47.3 Å². The molecule has 18 heteroatoms. The Balaban J connectivity index is 1.26. The van der Waals surface area contributed by atoms with Crippen LogP contribution in [0.3, 0.4) is 0 Å². The molecule has 3 saturated carbocycles. The molecular formula is C42H60F2N6O9S. The number of halogens is 2. The van der Waals surface area contributed by atoms with Crippen LogP contribution in [0.2, 0.25) is 0 Å². The number of alkyl carbamates (subject to hydrolysis) is 1. The fourth-order valence-corrected chi connectivity index (χ4v) is 11.1. The van der Waals surface area contributed by atoms with Crippen molar-refractivity contribution in [1.82, 2.24) is 20.3 Å². The minimum absolute atomic E-state index is 0.157. The third-order valence-corrected chi connectivity index (χ3v) is 15.3. The molecule has 0 spiro atoms. The summed E-state index contributed by atoms with van der Waals surface area (Å²) in [5.74, 6) is -4.20. The molecular weight excluding hydrogens is 803 g/mol. The molecule has 7 aliphatic rings. The number of sulfonamides is 1. The number of carbonyl (C=O) groups is 4. The number of ether oxygens (including phenoxy) is 3. The molecule has 0 radical (unpaired) electrons. The fraction of sp³-hybridized carbons (Fsp3) is 0.762. The van der Waals surface area contributed by atoms with Crippen LogP contribution in [0.4, 0.5) is 13.6 Å². The lowest BCUT2D eigenvalue weighted by Gasteiger charge is -2.36. The molecule has 15 nitrogen and oxygen atoms in total. The number of allylic oxidation sites excluding steroid dienone is 2. The number of methoxy groups -OCH3 is 1. The molecule has 3 N–H and O–H groups in total. The Bertz CT molecular complexity index is 1960. The third-order valence-electron chi connectivity index (χ3n) is 13.5. The summed E-state index contributed by atoms with van der Waals surface area (Å²) in [7, 11) is -2.55. The van der Waals surface area contributed by atoms with E-state index in [2.05, 4.69) is 10.6 Å². The summed E-state index contributed by atoms with van der Waals surface area (Å²) >= 11 is 0. The smallest absolute Gasteiger partial charge is 0.408 e. The number of hydrogen-bond donors (Lipinski definition) is 3. The first-order chi connectivity index (χ1) is 28.4. The van der Waals surface area contributed by atoms with Gasteiger partial charge in [-0.15, -0.1) is 0 Å². The summed E-state index contributed by atoms with van der Waals surface area (Å²) in [6.45, 7) is 8.94. The first-order valence-corrected chi connectivity index (χ1v) is 23.1. The second-order valence-corrected chi connectivity index (χ2v) is 20.7. The van der Waals surface area contributed by atoms with E-state index >= 15 is 0 Å². The van der Waals surface area contributed by atoms with E-state index in [1.54, 1.807) is 34.8 Å². The van der Waals surface area contributed by atoms with Gasteiger partial charge in [-0.2, -0.15) is 0 Å². The summed E-state index contributed by atoms with van der Waals surface area (Å²) in [6.07, 6.45) is 5.78. The van der Waals surface area contributed by atoms with E-state index in [-0.39, 0.29) is 36.8 Å². The van der Waals surface area contributed by atoms with Crippen LogP contribution in [0.25, 0.3) is 0 Å². The maximum Gasteiger partial charge on any atom is 0.408 e. The van der Waals surface area contributed by atoms with Crippen LogP contribution in [0.5, 0.6) is 0 Å². The van der Waals surface area contributed by atoms with Crippen LogP contribution in [0.1, 0.15) is 112 Å². The second-order valence-electron chi connectivity index (χ2n) is 18.7. The lowest BCUT2D eigenvalue weighted by atomic mass is 9.85. The zero-order chi connectivity index (χ0) is 43.3. The molecule has 7 rings (SSSR count). The van der Waals surface area contributed by atoms with Crippen molar-refractivity contribution in [1.29, 1.82) is 0 Å². The van der Waals surface area contributed by atoms with Crippen LogP contribution in [-0.2, 0) is 38.6 Å². The number of amides is 4. The van der Waals surface area contributed by atoms with Gasteiger partial charge in [0.15, 0.2) is 0 Å². The fourth-order valence-electron chi connectivity index (χ4n) is 9.72. The van der Waals surface area contributed by atoms with Crippen molar-refractivity contribution in [3.63, 3.8) is 0 Å². The molecule has 0 aromatic heterocycles. The lowest BCUT2D eigenvalue weighted by molar-refractivity contribution is -0.144. The van der Waals surface area contributed by atoms with Gasteiger partial charge in [-0.25, -0.2) is 32.0 Å². The van der Waals surface area contributed by atoms with E-state index in [1.165, 1.54) is 4.90 Å². The highest BCUT2D eigenvalue weighted by molar-refractivity contribution is 7.91. The van der Waals surface area contributed by atoms with Crippen molar-refractivity contribution in [2.75, 3.05) is 13.7 Å². The number of aliphatic imine (C=N–C) groups is 2. The van der Waals surface area contributed by atoms with E-state index < -0.39 is 99.0 Å². The van der Waals surface area contributed by atoms with Gasteiger partial charge >= 0.3 is 6.09 Å². The number of carbonyl (C=O) groups excluding carboxylic acids is 4. The van der Waals surface area contributed by atoms with Crippen molar-refractivity contribution >= 4 is 45.4 Å². The van der Waals surface area contributed by atoms with E-state index in [1.807, 2.05) is 23.8 Å². The van der Waals surface area contributed by atoms with E-state index in [4.69, 9.17) is 24.2 Å². The van der Waals surface area contributed by atoms with Gasteiger partial charge in [0.2, 0.25) is 34.2 Å². The predicted molar refractivity (Wildman–Crippen MR) is 217 cm³/mol. The van der Waals surface area contributed by atoms with Crippen molar-refractivity contribution in [2.24, 2.45) is 39.1 Å². The molecule has 2 saturated heterocycles. The number of alkyl halides is 2. The van der Waals surface area contributed by atoms with E-state index in [0.717, 1.165) is 50.0 Å². The Kier molecular flexibility index (Phi) is 12.5. The monoisotopic (exact) mass is 862 g/mol. The number of rotatable bonds is 8. The predicted octanol–water partition coefficient (Wildman–Crippen LogP) is 4.92. The molecule has 4 aliphatic carbocycles. The lowest BCUT2D eigenvalue weighted by Crippen LogP contribution is -2.61. The second kappa shape index (κ2) is 17.0. The van der Waals surface area contributed by atoms with Gasteiger partial charge in [-0.05, 0) is 87.7 Å². The molecule has 10 atom stereocenters. The van der Waals surface area contributed by atoms with Crippen molar-refractivity contribution < 1.29 is 50.6 Å². The third kappa shape index (κ3) is 8.81. The maximum atomic E-state index is 15.0. The molecule has 3 heterocycles. The van der Waals surface area contributed by atoms with E-state index in [9.17, 15) is 36.4 Å². The summed E-state index contributed by atoms with van der Waals surface area (Å²) in [5, 5.41) is 4.52. The quantitative estimate of drug-likeness (QED) is 0.304. The van der Waals surface area contributed by atoms with E-state index in [0.29, 0.717) is 31.4 Å². The molecule has 0 aromatic rings. The van der Waals surface area contributed by atoms with Gasteiger partial charge in [0, 0.05) is 11.8 Å². The van der Waals surface area contributed by atoms with Gasteiger partial charge in [0.05, 0.1) is 30.5 Å². The van der Waals surface area contributed by atoms with Gasteiger partial charge in [-0.3, -0.25) is 19.1 Å². The Morgan fingerprint density at radius 2 is 1.78 bits per heavy atom. The molecule has 60 heavy (non-hydrogen) atoms. The van der Waals surface area contributed by atoms with Gasteiger partial charge in [0.25, 0.3) is 5.91 Å². The molecule has 332 valence electrons. The highest BCUT2D eigenvalue weighted by Gasteiger charge is 2.67. The van der Waals surface area contributed by atoms with Gasteiger partial charge < -0.3 is 29.7 Å². The minimum Gasteiger partial charge on any atom is -0.501 e. The number of hydrogen-bond acceptors (Lipinski definition) is 11. The average Bonchev–Trinajstić information content (AvgIpc) is 4.09. The Morgan fingerprint density at radius 1 is 1.05 bits per heavy atom. The SMILES string of the molecule is CC[C@@H]1[C@@H]2CN(C(=O)[C@H](C(C)(C)C)NC(=O)O[C@@H]3CCC[C@H]3CCCCCC3=NC4=CC=C(OC)C(C)C4N=C3O2)[C@@H]1C(=O)N[C@]1(C(=O)NS(=O)(=O)C2CC2)C[C@H]1C(F)F. The highest BCUT2D eigenvalue weighted by atomic mass is 32.2. The Labute approximate surface area is 351 Å². The Hall–Kier alpha value is -4.09. The average molecular weight is 863 g/mol. The zero-order valence-electron chi connectivity index (χ0n) is 35.4. The Morgan fingerprint density at radius 3 is 2.43 bits per heavy atom. The van der Waals surface area contributed by atoms with Crippen molar-refractivity contribution in [3.8, 4) is 0 Å². The summed E-state index contributed by atoms with van der Waals surface area (Å²) in [4.78, 5) is 68.4. The molecule has 2 unspecified atom stereocenters. The minimum atomic E-state index is -4.15. The largest absolute Gasteiger partial charge is 0.501 e. The van der Waals surface area contributed by atoms with Crippen LogP contribution < -0.4 is 15.4 Å². The molecule has 4 amide bonds. The topological polar surface area (TPSA) is 194 Å². The van der Waals surface area contributed by atoms with Crippen LogP contribution in [0, 0.1) is 29.1 Å². The zero-order valence-corrected chi connectivity index (χ0v) is 36.2. The molecule has 5 fully saturated rings. The number of nitrogens with zero attached hydrogens (tertiary/aromatic N) is 3. The summed E-state index contributed by atoms with van der Waals surface area (Å²) < 4.78 is 74.7. The van der Waals surface area contributed by atoms with Crippen molar-refractivity contribution in [3.05, 3.63) is 23.6 Å². The van der Waals surface area contributed by atoms with Crippen LogP contribution >= 0.6 is 0 Å². The van der Waals surface area contributed by atoms with Gasteiger partial charge in [-0.1, -0.05) is 47.5 Å². The van der Waals surface area contributed by atoms with Crippen molar-refractivity contribution in [2.45, 2.75) is 159 Å². The standard InChI is InChI=1S/C42H60F2N6O9S/c1-7-25-31-21-50(33(25)36(51)48-42(20-26(42)35(43)44)39(53)49-60(55,56)24-16-17-24)38(52)34(41(3,4)5)47-40(54)59-30-15-11-13-23(30)12-9-8-10-14-28-37(58-31)46-32-22(2)29(57-6)19-18-27(32)45-28/h18-19,22-26,30-35H,7-17,20-21H2,1-6H3,(H,47,54)(H,48,51)(H,49,53)/t22?,23-,25-,26+,30-,31+,32?,33+,34-,42-/m1/s1. The summed E-state index contributed by atoms with van der Waals surface area (Å²) in [6, 6.07) is -3.01. The molecule has 2 bridgehead atoms. The maximum absolute atomic E-state index is 15.0. The first kappa shape index (κ1) is 44.0. The first-order valence-electron chi connectivity index (χ1n) is 21.6. The normalized spacial score (nSPS) is 35.0. The summed E-state index contributed by atoms with van der Waals surface area (Å²) in [5.41, 5.74) is -1.73.